The van der Waals surface area contributed by atoms with Crippen molar-refractivity contribution in [3.63, 3.8) is 0 Å². The number of likely N-dealkylation sites (tertiary alicyclic amines) is 1. The van der Waals surface area contributed by atoms with E-state index < -0.39 is 5.54 Å². The first-order valence-corrected chi connectivity index (χ1v) is 12.9. The molecule has 38 heavy (non-hydrogen) atoms. The summed E-state index contributed by atoms with van der Waals surface area (Å²) in [7, 11) is 0. The summed E-state index contributed by atoms with van der Waals surface area (Å²) in [6, 6.07) is 31.4. The molecule has 1 fully saturated rings. The van der Waals surface area contributed by atoms with Gasteiger partial charge in [-0.2, -0.15) is 0 Å². The van der Waals surface area contributed by atoms with Crippen LogP contribution in [0.25, 0.3) is 6.08 Å². The van der Waals surface area contributed by atoms with Gasteiger partial charge in [-0.05, 0) is 29.7 Å². The third-order valence-corrected chi connectivity index (χ3v) is 7.03. The highest BCUT2D eigenvalue weighted by atomic mass is 16.5. The van der Waals surface area contributed by atoms with E-state index in [1.807, 2.05) is 24.3 Å². The Balaban J connectivity index is 1.61. The second kappa shape index (κ2) is 11.4. The van der Waals surface area contributed by atoms with E-state index >= 15 is 0 Å². The average Bonchev–Trinajstić information content (AvgIpc) is 3.39. The molecule has 0 atom stereocenters. The molecule has 0 radical (unpaired) electrons. The summed E-state index contributed by atoms with van der Waals surface area (Å²) in [5, 5.41) is 0. The smallest absolute Gasteiger partial charge is 0.325 e. The van der Waals surface area contributed by atoms with Crippen LogP contribution in [0.2, 0.25) is 0 Å². The minimum atomic E-state index is -0.607. The lowest BCUT2D eigenvalue weighted by atomic mass is 9.74. The highest BCUT2D eigenvalue weighted by Gasteiger charge is 2.44. The molecule has 6 heteroatoms. The van der Waals surface area contributed by atoms with Crippen LogP contribution in [0.5, 0.6) is 0 Å². The number of carbonyl (C=O) groups is 2. The van der Waals surface area contributed by atoms with E-state index in [2.05, 4.69) is 82.7 Å². The van der Waals surface area contributed by atoms with E-state index in [1.54, 1.807) is 23.9 Å². The van der Waals surface area contributed by atoms with Crippen LogP contribution in [0.15, 0.2) is 109 Å². The molecule has 6 nitrogen and oxygen atoms in total. The third kappa shape index (κ3) is 4.95. The Bertz CT molecular complexity index is 1320. The van der Waals surface area contributed by atoms with E-state index in [1.165, 1.54) is 0 Å². The van der Waals surface area contributed by atoms with E-state index in [4.69, 9.17) is 4.74 Å². The quantitative estimate of drug-likeness (QED) is 0.189. The molecule has 1 aliphatic rings. The molecule has 2 heterocycles. The molecule has 192 valence electrons. The number of rotatable bonds is 8. The summed E-state index contributed by atoms with van der Waals surface area (Å²) in [5.74, 6) is 0.320. The normalized spacial score (nSPS) is 15.5. The van der Waals surface area contributed by atoms with Crippen molar-refractivity contribution >= 4 is 17.8 Å². The maximum Gasteiger partial charge on any atom is 0.325 e. The molecule has 1 saturated heterocycles. The van der Waals surface area contributed by atoms with Gasteiger partial charge >= 0.3 is 5.97 Å². The molecule has 0 aliphatic carbocycles. The van der Waals surface area contributed by atoms with Gasteiger partial charge in [0.2, 0.25) is 0 Å². The predicted molar refractivity (Wildman–Crippen MR) is 147 cm³/mol. The van der Waals surface area contributed by atoms with Crippen LogP contribution in [0, 0.1) is 0 Å². The molecule has 0 saturated carbocycles. The SMILES string of the molecule is CCOC(=O)Cn1ccnc1/C=C1\CN(C(c2ccccc2)(c2ccccc2)c2ccccc2)CCC1=O. The van der Waals surface area contributed by atoms with E-state index in [0.29, 0.717) is 37.5 Å². The van der Waals surface area contributed by atoms with Crippen LogP contribution < -0.4 is 0 Å². The minimum Gasteiger partial charge on any atom is -0.465 e. The number of ether oxygens (including phenoxy) is 1. The molecule has 1 aromatic heterocycles. The number of ketones is 1. The van der Waals surface area contributed by atoms with Crippen LogP contribution in [0.4, 0.5) is 0 Å². The number of aromatic nitrogens is 2. The molecule has 4 aromatic rings. The number of hydrogen-bond donors (Lipinski definition) is 0. The van der Waals surface area contributed by atoms with Gasteiger partial charge in [0.25, 0.3) is 0 Å². The third-order valence-electron chi connectivity index (χ3n) is 7.03. The van der Waals surface area contributed by atoms with Crippen molar-refractivity contribution in [1.82, 2.24) is 14.5 Å². The van der Waals surface area contributed by atoms with E-state index in [-0.39, 0.29) is 18.3 Å². The van der Waals surface area contributed by atoms with Gasteiger partial charge in [-0.25, -0.2) is 4.98 Å². The molecule has 5 rings (SSSR count). The maximum atomic E-state index is 13.2. The van der Waals surface area contributed by atoms with Crippen LogP contribution >= 0.6 is 0 Å². The summed E-state index contributed by atoms with van der Waals surface area (Å²) in [6.07, 6.45) is 5.58. The van der Waals surface area contributed by atoms with Gasteiger partial charge in [0.05, 0.1) is 12.1 Å². The standard InChI is InChI=1S/C32H31N3O3/c1-2-38-31(37)24-34-21-19-33-30(34)22-25-23-35(20-18-29(25)36)32(26-12-6-3-7-13-26,27-14-8-4-9-15-27)28-16-10-5-11-17-28/h3-17,19,21-22H,2,18,20,23-24H2,1H3/b25-22+. The maximum absolute atomic E-state index is 13.2. The van der Waals surface area contributed by atoms with E-state index in [9.17, 15) is 9.59 Å². The lowest BCUT2D eigenvalue weighted by Crippen LogP contribution is -2.52. The Labute approximate surface area is 223 Å². The first-order chi connectivity index (χ1) is 18.6. The van der Waals surface area contributed by atoms with Crippen LogP contribution in [0.1, 0.15) is 35.9 Å². The summed E-state index contributed by atoms with van der Waals surface area (Å²) < 4.78 is 6.82. The van der Waals surface area contributed by atoms with Crippen molar-refractivity contribution in [1.29, 1.82) is 0 Å². The topological polar surface area (TPSA) is 64.4 Å². The fourth-order valence-electron chi connectivity index (χ4n) is 5.36. The number of benzene rings is 3. The lowest BCUT2D eigenvalue weighted by molar-refractivity contribution is -0.143. The second-order valence-corrected chi connectivity index (χ2v) is 9.29. The van der Waals surface area contributed by atoms with Crippen molar-refractivity contribution in [3.8, 4) is 0 Å². The number of hydrogen-bond acceptors (Lipinski definition) is 5. The summed E-state index contributed by atoms with van der Waals surface area (Å²) in [4.78, 5) is 32.1. The number of carbonyl (C=O) groups excluding carboxylic acids is 2. The summed E-state index contributed by atoms with van der Waals surface area (Å²) in [5.41, 5.74) is 3.46. The molecule has 0 bridgehead atoms. The first-order valence-electron chi connectivity index (χ1n) is 12.9. The monoisotopic (exact) mass is 505 g/mol. The number of nitrogens with zero attached hydrogens (tertiary/aromatic N) is 3. The highest BCUT2D eigenvalue weighted by molar-refractivity contribution is 6.00. The van der Waals surface area contributed by atoms with Gasteiger partial charge in [-0.1, -0.05) is 91.0 Å². The Kier molecular flexibility index (Phi) is 7.61. The Morgan fingerprint density at radius 2 is 1.47 bits per heavy atom. The van der Waals surface area contributed by atoms with Crippen LogP contribution in [-0.4, -0.2) is 45.9 Å². The zero-order valence-electron chi connectivity index (χ0n) is 21.5. The van der Waals surface area contributed by atoms with E-state index in [0.717, 1.165) is 16.7 Å². The fourth-order valence-corrected chi connectivity index (χ4v) is 5.36. The Morgan fingerprint density at radius 1 is 0.921 bits per heavy atom. The van der Waals surface area contributed by atoms with Crippen LogP contribution in [-0.2, 0) is 26.4 Å². The highest BCUT2D eigenvalue weighted by Crippen LogP contribution is 2.43. The molecular formula is C32H31N3O3. The van der Waals surface area contributed by atoms with Crippen molar-refractivity contribution in [2.45, 2.75) is 25.4 Å². The van der Waals surface area contributed by atoms with Gasteiger partial charge in [0.1, 0.15) is 12.4 Å². The Hall–Kier alpha value is -4.29. The number of piperidine rings is 1. The summed E-state index contributed by atoms with van der Waals surface area (Å²) >= 11 is 0. The van der Waals surface area contributed by atoms with Crippen molar-refractivity contribution in [2.24, 2.45) is 0 Å². The first kappa shape index (κ1) is 25.4. The van der Waals surface area contributed by atoms with Gasteiger partial charge in [-0.3, -0.25) is 14.5 Å². The van der Waals surface area contributed by atoms with Crippen molar-refractivity contribution in [3.05, 3.63) is 131 Å². The molecule has 0 N–H and O–H groups in total. The molecule has 3 aromatic carbocycles. The lowest BCUT2D eigenvalue weighted by Gasteiger charge is -2.47. The number of imidazole rings is 1. The summed E-state index contributed by atoms with van der Waals surface area (Å²) in [6.45, 7) is 3.18. The van der Waals surface area contributed by atoms with Crippen molar-refractivity contribution < 1.29 is 14.3 Å². The van der Waals surface area contributed by atoms with Gasteiger partial charge in [0, 0.05) is 37.5 Å². The zero-order chi connectivity index (χ0) is 26.4. The number of esters is 1. The van der Waals surface area contributed by atoms with Gasteiger partial charge in [0.15, 0.2) is 5.78 Å². The molecule has 0 amide bonds. The largest absolute Gasteiger partial charge is 0.465 e. The van der Waals surface area contributed by atoms with Crippen LogP contribution in [0.3, 0.4) is 0 Å². The predicted octanol–water partition coefficient (Wildman–Crippen LogP) is 5.10. The van der Waals surface area contributed by atoms with Crippen molar-refractivity contribution in [2.75, 3.05) is 19.7 Å². The van der Waals surface area contributed by atoms with Gasteiger partial charge < -0.3 is 9.30 Å². The number of Topliss-reactive ketones (excluding diaryl/α,β-unsaturated/α-hetero) is 1. The molecule has 1 aliphatic heterocycles. The fraction of sp³-hybridized carbons (Fsp3) is 0.219. The molecule has 0 unspecified atom stereocenters. The zero-order valence-corrected chi connectivity index (χ0v) is 21.5. The average molecular weight is 506 g/mol. The molecular weight excluding hydrogens is 474 g/mol. The second-order valence-electron chi connectivity index (χ2n) is 9.29. The molecule has 0 spiro atoms. The van der Waals surface area contributed by atoms with Gasteiger partial charge in [-0.15, -0.1) is 0 Å². The minimum absolute atomic E-state index is 0.0485. The Morgan fingerprint density at radius 3 is 2.00 bits per heavy atom.